The van der Waals surface area contributed by atoms with Crippen molar-refractivity contribution in [1.29, 1.82) is 0 Å². The number of phenolic OH excluding ortho intramolecular Hbond substituents is 2. The molecule has 1 aromatic rings. The largest absolute Gasteiger partial charge is 0.508 e. The Morgan fingerprint density at radius 1 is 1.56 bits per heavy atom. The number of terminal acetylenes is 1. The zero-order valence-electron chi connectivity index (χ0n) is 8.90. The van der Waals surface area contributed by atoms with Gasteiger partial charge in [0, 0.05) is 0 Å². The van der Waals surface area contributed by atoms with Gasteiger partial charge in [0.1, 0.15) is 11.5 Å². The van der Waals surface area contributed by atoms with Crippen LogP contribution in [0.2, 0.25) is 0 Å². The van der Waals surface area contributed by atoms with E-state index in [1.807, 2.05) is 6.92 Å². The van der Waals surface area contributed by atoms with Crippen molar-refractivity contribution in [2.45, 2.75) is 19.4 Å². The standard InChI is InChI=1S/C12H13NO3/c1-3-8(4-2)13-12(16)10-7-9(14)5-6-11(10)15/h1,5-8,14-15H,4H2,2H3,(H,13,16). The van der Waals surface area contributed by atoms with E-state index in [-0.39, 0.29) is 23.1 Å². The van der Waals surface area contributed by atoms with E-state index in [1.165, 1.54) is 18.2 Å². The van der Waals surface area contributed by atoms with Crippen LogP contribution in [0.4, 0.5) is 0 Å². The zero-order chi connectivity index (χ0) is 12.1. The molecule has 0 spiro atoms. The first kappa shape index (κ1) is 11.9. The summed E-state index contributed by atoms with van der Waals surface area (Å²) in [7, 11) is 0. The van der Waals surface area contributed by atoms with Gasteiger partial charge in [-0.3, -0.25) is 4.79 Å². The van der Waals surface area contributed by atoms with E-state index >= 15 is 0 Å². The fraction of sp³-hybridized carbons (Fsp3) is 0.250. The van der Waals surface area contributed by atoms with Crippen LogP contribution in [0.1, 0.15) is 23.7 Å². The quantitative estimate of drug-likeness (QED) is 0.529. The van der Waals surface area contributed by atoms with Crippen molar-refractivity contribution < 1.29 is 15.0 Å². The Balaban J connectivity index is 2.89. The molecule has 1 amide bonds. The minimum atomic E-state index is -0.502. The summed E-state index contributed by atoms with van der Waals surface area (Å²) < 4.78 is 0. The van der Waals surface area contributed by atoms with Gasteiger partial charge in [-0.1, -0.05) is 12.8 Å². The number of nitrogens with one attached hydrogen (secondary N) is 1. The molecule has 0 bridgehead atoms. The molecule has 3 N–H and O–H groups in total. The summed E-state index contributed by atoms with van der Waals surface area (Å²) in [5.41, 5.74) is 0.00806. The maximum atomic E-state index is 11.7. The first-order valence-corrected chi connectivity index (χ1v) is 4.87. The fourth-order valence-electron chi connectivity index (χ4n) is 1.20. The van der Waals surface area contributed by atoms with Crippen molar-refractivity contribution in [2.75, 3.05) is 0 Å². The van der Waals surface area contributed by atoms with Gasteiger partial charge in [0.15, 0.2) is 0 Å². The molecule has 0 aliphatic rings. The Kier molecular flexibility index (Phi) is 3.78. The van der Waals surface area contributed by atoms with Gasteiger partial charge in [-0.2, -0.15) is 0 Å². The monoisotopic (exact) mass is 219 g/mol. The van der Waals surface area contributed by atoms with E-state index in [0.717, 1.165) is 0 Å². The van der Waals surface area contributed by atoms with Crippen molar-refractivity contribution >= 4 is 5.91 Å². The number of benzene rings is 1. The lowest BCUT2D eigenvalue weighted by molar-refractivity contribution is 0.0942. The number of rotatable bonds is 3. The van der Waals surface area contributed by atoms with Crippen LogP contribution in [-0.2, 0) is 0 Å². The van der Waals surface area contributed by atoms with Gasteiger partial charge in [-0.15, -0.1) is 6.42 Å². The smallest absolute Gasteiger partial charge is 0.256 e. The molecule has 0 saturated carbocycles. The van der Waals surface area contributed by atoms with Gasteiger partial charge in [0.05, 0.1) is 11.6 Å². The van der Waals surface area contributed by atoms with Crippen molar-refractivity contribution in [3.05, 3.63) is 23.8 Å². The second kappa shape index (κ2) is 5.08. The van der Waals surface area contributed by atoms with E-state index in [2.05, 4.69) is 11.2 Å². The Morgan fingerprint density at radius 3 is 2.81 bits per heavy atom. The second-order valence-corrected chi connectivity index (χ2v) is 3.30. The van der Waals surface area contributed by atoms with Crippen LogP contribution in [0.15, 0.2) is 18.2 Å². The minimum absolute atomic E-state index is 0.00806. The Bertz CT molecular complexity index is 434. The third-order valence-corrected chi connectivity index (χ3v) is 2.14. The molecule has 0 radical (unpaired) electrons. The first-order valence-electron chi connectivity index (χ1n) is 4.87. The average Bonchev–Trinajstić information content (AvgIpc) is 2.28. The maximum Gasteiger partial charge on any atom is 0.256 e. The SMILES string of the molecule is C#CC(CC)NC(=O)c1cc(O)ccc1O. The van der Waals surface area contributed by atoms with Crippen molar-refractivity contribution in [3.8, 4) is 23.8 Å². The third kappa shape index (κ3) is 2.67. The predicted molar refractivity (Wildman–Crippen MR) is 60.1 cm³/mol. The van der Waals surface area contributed by atoms with Crippen LogP contribution in [0, 0.1) is 12.3 Å². The van der Waals surface area contributed by atoms with Gasteiger partial charge in [0.25, 0.3) is 5.91 Å². The average molecular weight is 219 g/mol. The summed E-state index contributed by atoms with van der Waals surface area (Å²) in [5, 5.41) is 21.2. The molecule has 1 unspecified atom stereocenters. The molecule has 16 heavy (non-hydrogen) atoms. The Labute approximate surface area is 93.9 Å². The van der Waals surface area contributed by atoms with Crippen LogP contribution in [0.25, 0.3) is 0 Å². The first-order chi connectivity index (χ1) is 7.58. The number of hydrogen-bond donors (Lipinski definition) is 3. The minimum Gasteiger partial charge on any atom is -0.508 e. The lowest BCUT2D eigenvalue weighted by Gasteiger charge is -2.11. The molecule has 0 aliphatic carbocycles. The lowest BCUT2D eigenvalue weighted by Crippen LogP contribution is -2.33. The third-order valence-electron chi connectivity index (χ3n) is 2.14. The fourth-order valence-corrected chi connectivity index (χ4v) is 1.20. The molecular weight excluding hydrogens is 206 g/mol. The molecule has 0 aromatic heterocycles. The summed E-state index contributed by atoms with van der Waals surface area (Å²) in [4.78, 5) is 11.7. The summed E-state index contributed by atoms with van der Waals surface area (Å²) in [5.74, 6) is 1.63. The van der Waals surface area contributed by atoms with Crippen molar-refractivity contribution in [2.24, 2.45) is 0 Å². The number of carbonyl (C=O) groups excluding carboxylic acids is 1. The summed E-state index contributed by atoms with van der Waals surface area (Å²) in [6.45, 7) is 1.84. The van der Waals surface area contributed by atoms with Crippen molar-refractivity contribution in [3.63, 3.8) is 0 Å². The summed E-state index contributed by atoms with van der Waals surface area (Å²) in [6, 6.07) is 3.36. The van der Waals surface area contributed by atoms with E-state index in [1.54, 1.807) is 0 Å². The predicted octanol–water partition coefficient (Wildman–Crippen LogP) is 1.24. The molecule has 0 aliphatic heterocycles. The lowest BCUT2D eigenvalue weighted by atomic mass is 10.1. The molecular formula is C12H13NO3. The Morgan fingerprint density at radius 2 is 2.25 bits per heavy atom. The molecule has 1 aromatic carbocycles. The van der Waals surface area contributed by atoms with Gasteiger partial charge >= 0.3 is 0 Å². The highest BCUT2D eigenvalue weighted by Crippen LogP contribution is 2.21. The molecule has 0 saturated heterocycles. The van der Waals surface area contributed by atoms with Crippen LogP contribution in [0.5, 0.6) is 11.5 Å². The maximum absolute atomic E-state index is 11.7. The molecule has 1 rings (SSSR count). The highest BCUT2D eigenvalue weighted by molar-refractivity contribution is 5.97. The van der Waals surface area contributed by atoms with E-state index in [9.17, 15) is 15.0 Å². The second-order valence-electron chi connectivity index (χ2n) is 3.30. The van der Waals surface area contributed by atoms with Crippen LogP contribution in [0.3, 0.4) is 0 Å². The number of hydrogen-bond acceptors (Lipinski definition) is 3. The van der Waals surface area contributed by atoms with Crippen LogP contribution >= 0.6 is 0 Å². The molecule has 0 heterocycles. The highest BCUT2D eigenvalue weighted by atomic mass is 16.3. The normalized spacial score (nSPS) is 11.5. The van der Waals surface area contributed by atoms with Gasteiger partial charge in [0.2, 0.25) is 0 Å². The van der Waals surface area contributed by atoms with Gasteiger partial charge in [-0.05, 0) is 24.6 Å². The number of aromatic hydroxyl groups is 2. The molecule has 84 valence electrons. The van der Waals surface area contributed by atoms with Crippen LogP contribution in [-0.4, -0.2) is 22.2 Å². The molecule has 4 heteroatoms. The van der Waals surface area contributed by atoms with Gasteiger partial charge in [-0.25, -0.2) is 0 Å². The van der Waals surface area contributed by atoms with E-state index < -0.39 is 5.91 Å². The van der Waals surface area contributed by atoms with E-state index in [0.29, 0.717) is 6.42 Å². The number of carbonyl (C=O) groups is 1. The number of phenols is 2. The van der Waals surface area contributed by atoms with E-state index in [4.69, 9.17) is 6.42 Å². The highest BCUT2D eigenvalue weighted by Gasteiger charge is 2.14. The zero-order valence-corrected chi connectivity index (χ0v) is 8.90. The number of amides is 1. The summed E-state index contributed by atoms with van der Waals surface area (Å²) >= 11 is 0. The van der Waals surface area contributed by atoms with Crippen LogP contribution < -0.4 is 5.32 Å². The Hall–Kier alpha value is -2.15. The molecule has 0 fully saturated rings. The molecule has 1 atom stereocenters. The summed E-state index contributed by atoms with van der Waals surface area (Å²) in [6.07, 6.45) is 5.80. The van der Waals surface area contributed by atoms with Gasteiger partial charge < -0.3 is 15.5 Å². The van der Waals surface area contributed by atoms with Crippen molar-refractivity contribution in [1.82, 2.24) is 5.32 Å². The molecule has 4 nitrogen and oxygen atoms in total. The topological polar surface area (TPSA) is 69.6 Å².